The van der Waals surface area contributed by atoms with Crippen molar-refractivity contribution in [2.24, 2.45) is 11.7 Å². The van der Waals surface area contributed by atoms with E-state index < -0.39 is 5.97 Å². The number of carbonyl (C=O) groups is 1. The van der Waals surface area contributed by atoms with Crippen LogP contribution < -0.4 is 5.73 Å². The molecular weight excluding hydrogens is 142 g/mol. The summed E-state index contributed by atoms with van der Waals surface area (Å²) in [6, 6.07) is 0.125. The predicted molar refractivity (Wildman–Crippen MR) is 42.2 cm³/mol. The fourth-order valence-corrected chi connectivity index (χ4v) is 1.71. The van der Waals surface area contributed by atoms with Crippen LogP contribution in [-0.4, -0.2) is 17.1 Å². The van der Waals surface area contributed by atoms with Crippen molar-refractivity contribution >= 4 is 5.97 Å². The van der Waals surface area contributed by atoms with Crippen LogP contribution in [0.2, 0.25) is 0 Å². The highest BCUT2D eigenvalue weighted by Gasteiger charge is 2.23. The van der Waals surface area contributed by atoms with Gasteiger partial charge in [-0.15, -0.1) is 0 Å². The van der Waals surface area contributed by atoms with E-state index in [1.54, 1.807) is 0 Å². The van der Waals surface area contributed by atoms with Gasteiger partial charge in [-0.25, -0.2) is 0 Å². The fourth-order valence-electron chi connectivity index (χ4n) is 1.71. The van der Waals surface area contributed by atoms with Crippen LogP contribution in [0, 0.1) is 5.92 Å². The highest BCUT2D eigenvalue weighted by molar-refractivity contribution is 5.67. The second kappa shape index (κ2) is 3.72. The van der Waals surface area contributed by atoms with Crippen LogP contribution in [-0.2, 0) is 4.79 Å². The van der Waals surface area contributed by atoms with Crippen LogP contribution >= 0.6 is 0 Å². The van der Waals surface area contributed by atoms with E-state index in [0.29, 0.717) is 0 Å². The summed E-state index contributed by atoms with van der Waals surface area (Å²) in [5.74, 6) is -0.492. The minimum atomic E-state index is -0.715. The van der Waals surface area contributed by atoms with Gasteiger partial charge in [-0.1, -0.05) is 12.8 Å². The summed E-state index contributed by atoms with van der Waals surface area (Å²) < 4.78 is 0. The molecule has 0 spiro atoms. The van der Waals surface area contributed by atoms with E-state index in [-0.39, 0.29) is 18.4 Å². The van der Waals surface area contributed by atoms with Crippen LogP contribution in [0.1, 0.15) is 32.1 Å². The SMILES string of the molecule is NC1CCCC[C@@H]1CC(=O)O. The summed E-state index contributed by atoms with van der Waals surface area (Å²) in [6.07, 6.45) is 4.55. The Kier molecular flexibility index (Phi) is 2.88. The summed E-state index contributed by atoms with van der Waals surface area (Å²) in [5.41, 5.74) is 5.76. The van der Waals surface area contributed by atoms with Gasteiger partial charge in [0.2, 0.25) is 0 Å². The Morgan fingerprint density at radius 2 is 2.09 bits per heavy atom. The maximum atomic E-state index is 10.4. The first-order valence-corrected chi connectivity index (χ1v) is 4.17. The Morgan fingerprint density at radius 1 is 1.45 bits per heavy atom. The molecule has 3 N–H and O–H groups in total. The lowest BCUT2D eigenvalue weighted by Gasteiger charge is -2.26. The maximum Gasteiger partial charge on any atom is 0.303 e. The van der Waals surface area contributed by atoms with Gasteiger partial charge in [0, 0.05) is 12.5 Å². The number of hydrogen-bond acceptors (Lipinski definition) is 2. The monoisotopic (exact) mass is 157 g/mol. The molecule has 0 aromatic heterocycles. The molecule has 1 aliphatic carbocycles. The lowest BCUT2D eigenvalue weighted by atomic mass is 9.83. The third-order valence-electron chi connectivity index (χ3n) is 2.40. The summed E-state index contributed by atoms with van der Waals surface area (Å²) in [6.45, 7) is 0. The van der Waals surface area contributed by atoms with Gasteiger partial charge < -0.3 is 10.8 Å². The van der Waals surface area contributed by atoms with Crippen molar-refractivity contribution < 1.29 is 9.90 Å². The minimum Gasteiger partial charge on any atom is -0.481 e. The van der Waals surface area contributed by atoms with E-state index in [1.807, 2.05) is 0 Å². The van der Waals surface area contributed by atoms with E-state index in [9.17, 15) is 4.79 Å². The summed E-state index contributed by atoms with van der Waals surface area (Å²) in [4.78, 5) is 10.4. The molecule has 0 radical (unpaired) electrons. The molecule has 1 unspecified atom stereocenters. The van der Waals surface area contributed by atoms with Gasteiger partial charge in [0.25, 0.3) is 0 Å². The van der Waals surface area contributed by atoms with Crippen LogP contribution in [0.15, 0.2) is 0 Å². The molecule has 0 aromatic rings. The average Bonchev–Trinajstić information content (AvgIpc) is 1.93. The maximum absolute atomic E-state index is 10.4. The molecule has 11 heavy (non-hydrogen) atoms. The number of nitrogens with two attached hydrogens (primary N) is 1. The number of aliphatic carboxylic acids is 1. The van der Waals surface area contributed by atoms with Crippen molar-refractivity contribution in [1.82, 2.24) is 0 Å². The Bertz CT molecular complexity index is 147. The molecule has 1 rings (SSSR count). The summed E-state index contributed by atoms with van der Waals surface area (Å²) in [5, 5.41) is 8.53. The van der Waals surface area contributed by atoms with Gasteiger partial charge in [0.1, 0.15) is 0 Å². The smallest absolute Gasteiger partial charge is 0.303 e. The normalized spacial score (nSPS) is 31.7. The van der Waals surface area contributed by atoms with Crippen LogP contribution in [0.4, 0.5) is 0 Å². The van der Waals surface area contributed by atoms with Crippen molar-refractivity contribution in [2.75, 3.05) is 0 Å². The topological polar surface area (TPSA) is 63.3 Å². The zero-order valence-corrected chi connectivity index (χ0v) is 6.62. The third-order valence-corrected chi connectivity index (χ3v) is 2.40. The Hall–Kier alpha value is -0.570. The first kappa shape index (κ1) is 8.53. The van der Waals surface area contributed by atoms with Crippen molar-refractivity contribution in [1.29, 1.82) is 0 Å². The van der Waals surface area contributed by atoms with E-state index in [0.717, 1.165) is 25.7 Å². The van der Waals surface area contributed by atoms with Crippen LogP contribution in [0.3, 0.4) is 0 Å². The molecule has 1 fully saturated rings. The highest BCUT2D eigenvalue weighted by Crippen LogP contribution is 2.25. The lowest BCUT2D eigenvalue weighted by Crippen LogP contribution is -2.34. The molecule has 0 bridgehead atoms. The lowest BCUT2D eigenvalue weighted by molar-refractivity contribution is -0.138. The van der Waals surface area contributed by atoms with Crippen LogP contribution in [0.5, 0.6) is 0 Å². The second-order valence-corrected chi connectivity index (χ2v) is 3.31. The largest absolute Gasteiger partial charge is 0.481 e. The molecule has 1 aliphatic rings. The van der Waals surface area contributed by atoms with Gasteiger partial charge in [-0.2, -0.15) is 0 Å². The van der Waals surface area contributed by atoms with E-state index >= 15 is 0 Å². The molecule has 1 saturated carbocycles. The summed E-state index contributed by atoms with van der Waals surface area (Å²) >= 11 is 0. The van der Waals surface area contributed by atoms with Crippen molar-refractivity contribution in [3.05, 3.63) is 0 Å². The Labute approximate surface area is 66.6 Å². The number of carboxylic acid groups (broad SMARTS) is 1. The fraction of sp³-hybridized carbons (Fsp3) is 0.875. The molecule has 0 amide bonds. The average molecular weight is 157 g/mol. The minimum absolute atomic E-state index is 0.125. The number of rotatable bonds is 2. The van der Waals surface area contributed by atoms with E-state index in [1.165, 1.54) is 0 Å². The van der Waals surface area contributed by atoms with Crippen LogP contribution in [0.25, 0.3) is 0 Å². The molecule has 0 heterocycles. The van der Waals surface area contributed by atoms with Gasteiger partial charge in [-0.3, -0.25) is 4.79 Å². The molecule has 0 saturated heterocycles. The van der Waals surface area contributed by atoms with E-state index in [4.69, 9.17) is 10.8 Å². The molecule has 2 atom stereocenters. The molecule has 3 nitrogen and oxygen atoms in total. The Morgan fingerprint density at radius 3 is 2.64 bits per heavy atom. The zero-order chi connectivity index (χ0) is 8.27. The van der Waals surface area contributed by atoms with Gasteiger partial charge in [0.05, 0.1) is 0 Å². The molecule has 64 valence electrons. The van der Waals surface area contributed by atoms with Crippen molar-refractivity contribution in [2.45, 2.75) is 38.1 Å². The highest BCUT2D eigenvalue weighted by atomic mass is 16.4. The molecule has 0 aliphatic heterocycles. The second-order valence-electron chi connectivity index (χ2n) is 3.31. The van der Waals surface area contributed by atoms with Gasteiger partial charge >= 0.3 is 5.97 Å². The molecule has 3 heteroatoms. The van der Waals surface area contributed by atoms with E-state index in [2.05, 4.69) is 0 Å². The Balaban J connectivity index is 2.35. The molecule has 0 aromatic carbocycles. The van der Waals surface area contributed by atoms with Crippen molar-refractivity contribution in [3.63, 3.8) is 0 Å². The quantitative estimate of drug-likeness (QED) is 0.628. The van der Waals surface area contributed by atoms with Gasteiger partial charge in [0.15, 0.2) is 0 Å². The predicted octanol–water partition coefficient (Wildman–Crippen LogP) is 0.979. The number of hydrogen-bond donors (Lipinski definition) is 2. The number of carboxylic acids is 1. The first-order chi connectivity index (χ1) is 5.20. The third kappa shape index (κ3) is 2.50. The van der Waals surface area contributed by atoms with Gasteiger partial charge in [-0.05, 0) is 18.8 Å². The zero-order valence-electron chi connectivity index (χ0n) is 6.62. The molecular formula is C8H15NO2. The summed E-state index contributed by atoms with van der Waals surface area (Å²) in [7, 11) is 0. The first-order valence-electron chi connectivity index (χ1n) is 4.17. The standard InChI is InChI=1S/C8H15NO2/c9-7-4-2-1-3-6(7)5-8(10)11/h6-7H,1-5,9H2,(H,10,11)/t6-,7?/m1/s1. The van der Waals surface area contributed by atoms with Crippen molar-refractivity contribution in [3.8, 4) is 0 Å².